The standard InChI is InChI=1S/C26H48O/c1-3-5-8-21-11-13-22(14-12-21)23-15-17-24(18-16-23)25-9-7-10-26(20-25)27-19-6-4-2/h21-26H,3-20H2,1-2H3. The molecule has 0 spiro atoms. The van der Waals surface area contributed by atoms with Crippen molar-refractivity contribution in [1.82, 2.24) is 0 Å². The average molecular weight is 377 g/mol. The van der Waals surface area contributed by atoms with Gasteiger partial charge in [-0.1, -0.05) is 58.8 Å². The molecule has 0 aromatic carbocycles. The molecule has 0 saturated heterocycles. The van der Waals surface area contributed by atoms with E-state index >= 15 is 0 Å². The molecule has 0 aromatic rings. The Balaban J connectivity index is 1.35. The molecule has 3 saturated carbocycles. The van der Waals surface area contributed by atoms with Crippen LogP contribution in [0.1, 0.15) is 123 Å². The van der Waals surface area contributed by atoms with Gasteiger partial charge in [-0.3, -0.25) is 0 Å². The first-order valence-corrected chi connectivity index (χ1v) is 12.9. The molecule has 0 heterocycles. The van der Waals surface area contributed by atoms with Crippen LogP contribution in [0.15, 0.2) is 0 Å². The number of unbranched alkanes of at least 4 members (excludes halogenated alkanes) is 2. The van der Waals surface area contributed by atoms with Crippen molar-refractivity contribution >= 4 is 0 Å². The first-order chi connectivity index (χ1) is 13.3. The van der Waals surface area contributed by atoms with Crippen LogP contribution in [0.5, 0.6) is 0 Å². The van der Waals surface area contributed by atoms with Crippen LogP contribution in [0.2, 0.25) is 0 Å². The van der Waals surface area contributed by atoms with Gasteiger partial charge >= 0.3 is 0 Å². The van der Waals surface area contributed by atoms with Crippen LogP contribution in [0, 0.1) is 29.6 Å². The highest BCUT2D eigenvalue weighted by molar-refractivity contribution is 4.86. The maximum Gasteiger partial charge on any atom is 0.0577 e. The fourth-order valence-electron chi connectivity index (χ4n) is 6.68. The molecular formula is C26H48O. The maximum absolute atomic E-state index is 6.20. The monoisotopic (exact) mass is 376 g/mol. The van der Waals surface area contributed by atoms with Gasteiger partial charge in [-0.15, -0.1) is 0 Å². The lowest BCUT2D eigenvalue weighted by Crippen LogP contribution is -2.32. The molecule has 3 aliphatic carbocycles. The molecule has 3 fully saturated rings. The summed E-state index contributed by atoms with van der Waals surface area (Å²) in [6.45, 7) is 5.61. The van der Waals surface area contributed by atoms with Crippen molar-refractivity contribution in [3.8, 4) is 0 Å². The van der Waals surface area contributed by atoms with Crippen molar-refractivity contribution in [2.24, 2.45) is 29.6 Å². The van der Waals surface area contributed by atoms with Gasteiger partial charge in [-0.05, 0) is 93.8 Å². The molecular weight excluding hydrogens is 328 g/mol. The third kappa shape index (κ3) is 6.76. The van der Waals surface area contributed by atoms with Gasteiger partial charge in [0.05, 0.1) is 6.10 Å². The van der Waals surface area contributed by atoms with E-state index in [0.717, 1.165) is 36.2 Å². The lowest BCUT2D eigenvalue weighted by Gasteiger charge is -2.41. The Hall–Kier alpha value is -0.0400. The van der Waals surface area contributed by atoms with Crippen LogP contribution in [0.25, 0.3) is 0 Å². The molecule has 0 bridgehead atoms. The minimum absolute atomic E-state index is 0.589. The van der Waals surface area contributed by atoms with Gasteiger partial charge in [0.2, 0.25) is 0 Å². The summed E-state index contributed by atoms with van der Waals surface area (Å²) >= 11 is 0. The van der Waals surface area contributed by atoms with Crippen molar-refractivity contribution in [2.45, 2.75) is 129 Å². The predicted octanol–water partition coefficient (Wildman–Crippen LogP) is 8.16. The van der Waals surface area contributed by atoms with Gasteiger partial charge < -0.3 is 4.74 Å². The molecule has 1 heteroatoms. The van der Waals surface area contributed by atoms with Gasteiger partial charge in [0.1, 0.15) is 0 Å². The summed E-state index contributed by atoms with van der Waals surface area (Å²) < 4.78 is 6.20. The minimum Gasteiger partial charge on any atom is -0.378 e. The molecule has 3 aliphatic rings. The highest BCUT2D eigenvalue weighted by Crippen LogP contribution is 2.46. The zero-order chi connectivity index (χ0) is 18.9. The van der Waals surface area contributed by atoms with Crippen LogP contribution >= 0.6 is 0 Å². The van der Waals surface area contributed by atoms with Crippen molar-refractivity contribution in [3.05, 3.63) is 0 Å². The van der Waals surface area contributed by atoms with Gasteiger partial charge in [0.15, 0.2) is 0 Å². The molecule has 1 nitrogen and oxygen atoms in total. The maximum atomic E-state index is 6.20. The number of hydrogen-bond donors (Lipinski definition) is 0. The second-order valence-corrected chi connectivity index (χ2v) is 10.4. The quantitative estimate of drug-likeness (QED) is 0.369. The van der Waals surface area contributed by atoms with Crippen LogP contribution in [0.4, 0.5) is 0 Å². The predicted molar refractivity (Wildman–Crippen MR) is 117 cm³/mol. The second-order valence-electron chi connectivity index (χ2n) is 10.4. The van der Waals surface area contributed by atoms with E-state index in [0.29, 0.717) is 6.10 Å². The summed E-state index contributed by atoms with van der Waals surface area (Å²) in [4.78, 5) is 0. The van der Waals surface area contributed by atoms with Crippen molar-refractivity contribution < 1.29 is 4.74 Å². The fraction of sp³-hybridized carbons (Fsp3) is 1.00. The second kappa shape index (κ2) is 11.8. The Morgan fingerprint density at radius 1 is 0.630 bits per heavy atom. The highest BCUT2D eigenvalue weighted by Gasteiger charge is 2.35. The van der Waals surface area contributed by atoms with Gasteiger partial charge in [0, 0.05) is 6.61 Å². The first-order valence-electron chi connectivity index (χ1n) is 12.9. The first kappa shape index (κ1) is 21.7. The molecule has 0 N–H and O–H groups in total. The van der Waals surface area contributed by atoms with E-state index in [2.05, 4.69) is 13.8 Å². The lowest BCUT2D eigenvalue weighted by atomic mass is 9.65. The summed E-state index contributed by atoms with van der Waals surface area (Å²) in [6, 6.07) is 0. The van der Waals surface area contributed by atoms with E-state index in [4.69, 9.17) is 4.74 Å². The normalized spacial score (nSPS) is 38.0. The summed E-state index contributed by atoms with van der Waals surface area (Å²) in [5.74, 6) is 5.24. The van der Waals surface area contributed by atoms with Crippen LogP contribution in [0.3, 0.4) is 0 Å². The number of hydrogen-bond acceptors (Lipinski definition) is 1. The Labute approximate surface area is 170 Å². The molecule has 158 valence electrons. The van der Waals surface area contributed by atoms with Crippen molar-refractivity contribution in [3.63, 3.8) is 0 Å². The highest BCUT2D eigenvalue weighted by atomic mass is 16.5. The summed E-state index contributed by atoms with van der Waals surface area (Å²) in [5.41, 5.74) is 0. The van der Waals surface area contributed by atoms with Crippen molar-refractivity contribution in [2.75, 3.05) is 6.61 Å². The van der Waals surface area contributed by atoms with Crippen molar-refractivity contribution in [1.29, 1.82) is 0 Å². The largest absolute Gasteiger partial charge is 0.378 e. The number of rotatable bonds is 9. The molecule has 3 rings (SSSR count). The lowest BCUT2D eigenvalue weighted by molar-refractivity contribution is -0.00500. The van der Waals surface area contributed by atoms with E-state index in [9.17, 15) is 0 Å². The van der Waals surface area contributed by atoms with E-state index in [1.165, 1.54) is 70.6 Å². The third-order valence-electron chi connectivity index (χ3n) is 8.53. The fourth-order valence-corrected chi connectivity index (χ4v) is 6.68. The van der Waals surface area contributed by atoms with E-state index in [1.807, 2.05) is 0 Å². The van der Waals surface area contributed by atoms with Crippen LogP contribution < -0.4 is 0 Å². The summed E-state index contributed by atoms with van der Waals surface area (Å²) in [6.07, 6.45) is 25.4. The van der Waals surface area contributed by atoms with E-state index in [1.54, 1.807) is 38.5 Å². The number of ether oxygens (including phenoxy) is 1. The van der Waals surface area contributed by atoms with Crippen LogP contribution in [-0.2, 0) is 4.74 Å². The molecule has 2 unspecified atom stereocenters. The minimum atomic E-state index is 0.589. The Kier molecular flexibility index (Phi) is 9.50. The SMILES string of the molecule is CCCCOC1CCCC(C2CCC(C3CCC(CCCC)CC3)CC2)C1. The topological polar surface area (TPSA) is 9.23 Å². The van der Waals surface area contributed by atoms with Crippen LogP contribution in [-0.4, -0.2) is 12.7 Å². The zero-order valence-electron chi connectivity index (χ0n) is 18.6. The summed E-state index contributed by atoms with van der Waals surface area (Å²) in [7, 11) is 0. The zero-order valence-corrected chi connectivity index (χ0v) is 18.6. The molecule has 0 aromatic heterocycles. The summed E-state index contributed by atoms with van der Waals surface area (Å²) in [5, 5.41) is 0. The third-order valence-corrected chi connectivity index (χ3v) is 8.53. The molecule has 2 atom stereocenters. The average Bonchev–Trinajstić information content (AvgIpc) is 2.73. The van der Waals surface area contributed by atoms with E-state index < -0.39 is 0 Å². The Morgan fingerprint density at radius 3 is 1.85 bits per heavy atom. The smallest absolute Gasteiger partial charge is 0.0577 e. The van der Waals surface area contributed by atoms with Gasteiger partial charge in [-0.2, -0.15) is 0 Å². The van der Waals surface area contributed by atoms with Gasteiger partial charge in [-0.25, -0.2) is 0 Å². The van der Waals surface area contributed by atoms with E-state index in [-0.39, 0.29) is 0 Å². The van der Waals surface area contributed by atoms with Gasteiger partial charge in [0.25, 0.3) is 0 Å². The molecule has 27 heavy (non-hydrogen) atoms. The molecule has 0 aliphatic heterocycles. The molecule has 0 amide bonds. The Morgan fingerprint density at radius 2 is 1.22 bits per heavy atom. The Bertz CT molecular complexity index is 376. The molecule has 0 radical (unpaired) electrons.